The molecule has 0 aromatic carbocycles. The summed E-state index contributed by atoms with van der Waals surface area (Å²) in [6.07, 6.45) is 10.00. The lowest BCUT2D eigenvalue weighted by molar-refractivity contribution is -0.146. The van der Waals surface area contributed by atoms with Crippen LogP contribution in [0.15, 0.2) is 30.7 Å². The van der Waals surface area contributed by atoms with Crippen LogP contribution in [0, 0.1) is 11.8 Å². The number of esters is 1. The zero-order valence-electron chi connectivity index (χ0n) is 11.8. The highest BCUT2D eigenvalue weighted by Gasteiger charge is 2.27. The first-order chi connectivity index (χ1) is 9.78. The van der Waals surface area contributed by atoms with Gasteiger partial charge in [0.1, 0.15) is 0 Å². The summed E-state index contributed by atoms with van der Waals surface area (Å²) in [4.78, 5) is 15.7. The molecule has 0 aliphatic heterocycles. The fraction of sp³-hybridized carbons (Fsp3) is 0.500. The normalized spacial score (nSPS) is 22.9. The molecule has 1 aliphatic rings. The van der Waals surface area contributed by atoms with Gasteiger partial charge in [-0.3, -0.25) is 9.78 Å². The fourth-order valence-electron chi connectivity index (χ4n) is 3.22. The standard InChI is InChI=1S/C16H20N2O2/c1-20-16(19)13-4-2-12(3-5-13)11-18-9-7-14-10-17-8-6-15(14)18/h6-10,12-13H,2-5,11H2,1H3. The van der Waals surface area contributed by atoms with Gasteiger partial charge >= 0.3 is 5.97 Å². The summed E-state index contributed by atoms with van der Waals surface area (Å²) in [5, 5.41) is 1.19. The minimum absolute atomic E-state index is 0.0408. The topological polar surface area (TPSA) is 44.1 Å². The molecule has 1 fully saturated rings. The maximum atomic E-state index is 11.5. The van der Waals surface area contributed by atoms with E-state index in [1.807, 2.05) is 12.4 Å². The van der Waals surface area contributed by atoms with Crippen molar-refractivity contribution < 1.29 is 9.53 Å². The molecule has 20 heavy (non-hydrogen) atoms. The molecule has 4 nitrogen and oxygen atoms in total. The first kappa shape index (κ1) is 13.2. The van der Waals surface area contributed by atoms with Gasteiger partial charge in [0.05, 0.1) is 18.5 Å². The van der Waals surface area contributed by atoms with Gasteiger partial charge in [0, 0.05) is 30.5 Å². The molecular formula is C16H20N2O2. The molecule has 106 valence electrons. The van der Waals surface area contributed by atoms with Crippen molar-refractivity contribution in [2.24, 2.45) is 11.8 Å². The third-order valence-corrected chi connectivity index (χ3v) is 4.41. The highest BCUT2D eigenvalue weighted by Crippen LogP contribution is 2.31. The van der Waals surface area contributed by atoms with Crippen molar-refractivity contribution in [1.29, 1.82) is 0 Å². The number of rotatable bonds is 3. The zero-order valence-corrected chi connectivity index (χ0v) is 11.8. The summed E-state index contributed by atoms with van der Waals surface area (Å²) in [5.74, 6) is 0.725. The number of carbonyl (C=O) groups is 1. The van der Waals surface area contributed by atoms with Crippen LogP contribution in [0.1, 0.15) is 25.7 Å². The van der Waals surface area contributed by atoms with Gasteiger partial charge in [0.25, 0.3) is 0 Å². The van der Waals surface area contributed by atoms with Crippen molar-refractivity contribution in [2.45, 2.75) is 32.2 Å². The number of hydrogen-bond acceptors (Lipinski definition) is 3. The Morgan fingerprint density at radius 3 is 2.90 bits per heavy atom. The van der Waals surface area contributed by atoms with Gasteiger partial charge in [-0.2, -0.15) is 0 Å². The molecule has 0 saturated heterocycles. The third kappa shape index (κ3) is 2.55. The predicted octanol–water partition coefficient (Wildman–Crippen LogP) is 3.02. The smallest absolute Gasteiger partial charge is 0.308 e. The van der Waals surface area contributed by atoms with Crippen LogP contribution in [0.5, 0.6) is 0 Å². The molecule has 3 rings (SSSR count). The van der Waals surface area contributed by atoms with Gasteiger partial charge < -0.3 is 9.30 Å². The second kappa shape index (κ2) is 5.65. The van der Waals surface area contributed by atoms with Crippen molar-refractivity contribution in [2.75, 3.05) is 7.11 Å². The van der Waals surface area contributed by atoms with Crippen LogP contribution in [-0.2, 0) is 16.1 Å². The van der Waals surface area contributed by atoms with Gasteiger partial charge in [-0.25, -0.2) is 0 Å². The summed E-state index contributed by atoms with van der Waals surface area (Å²) in [7, 11) is 1.48. The van der Waals surface area contributed by atoms with E-state index in [0.717, 1.165) is 32.2 Å². The number of hydrogen-bond donors (Lipinski definition) is 0. The van der Waals surface area contributed by atoms with Crippen molar-refractivity contribution >= 4 is 16.9 Å². The van der Waals surface area contributed by atoms with Crippen LogP contribution in [-0.4, -0.2) is 22.6 Å². The number of nitrogens with zero attached hydrogens (tertiary/aromatic N) is 2. The largest absolute Gasteiger partial charge is 0.469 e. The zero-order chi connectivity index (χ0) is 13.9. The summed E-state index contributed by atoms with van der Waals surface area (Å²) in [6.45, 7) is 1.03. The number of fused-ring (bicyclic) bond motifs is 1. The van der Waals surface area contributed by atoms with Crippen molar-refractivity contribution in [3.05, 3.63) is 30.7 Å². The summed E-state index contributed by atoms with van der Waals surface area (Å²) in [6, 6.07) is 4.18. The van der Waals surface area contributed by atoms with Crippen LogP contribution >= 0.6 is 0 Å². The Hall–Kier alpha value is -1.84. The lowest BCUT2D eigenvalue weighted by Crippen LogP contribution is -2.24. The molecule has 0 bridgehead atoms. The van der Waals surface area contributed by atoms with E-state index in [1.54, 1.807) is 0 Å². The van der Waals surface area contributed by atoms with Crippen molar-refractivity contribution in [3.63, 3.8) is 0 Å². The molecule has 1 aliphatic carbocycles. The molecule has 0 unspecified atom stereocenters. The molecule has 0 N–H and O–H groups in total. The maximum Gasteiger partial charge on any atom is 0.308 e. The van der Waals surface area contributed by atoms with Gasteiger partial charge in [-0.05, 0) is 43.7 Å². The lowest BCUT2D eigenvalue weighted by Gasteiger charge is -2.27. The van der Waals surface area contributed by atoms with E-state index in [1.165, 1.54) is 18.0 Å². The predicted molar refractivity (Wildman–Crippen MR) is 77.2 cm³/mol. The van der Waals surface area contributed by atoms with Crippen LogP contribution in [0.2, 0.25) is 0 Å². The van der Waals surface area contributed by atoms with Crippen molar-refractivity contribution in [3.8, 4) is 0 Å². The quantitative estimate of drug-likeness (QED) is 0.807. The minimum Gasteiger partial charge on any atom is -0.469 e. The average molecular weight is 272 g/mol. The SMILES string of the molecule is COC(=O)C1CCC(Cn2ccc3cnccc32)CC1. The highest BCUT2D eigenvalue weighted by atomic mass is 16.5. The number of aromatic nitrogens is 2. The second-order valence-corrected chi connectivity index (χ2v) is 5.64. The van der Waals surface area contributed by atoms with E-state index in [0.29, 0.717) is 5.92 Å². The minimum atomic E-state index is -0.0408. The molecule has 2 heterocycles. The molecule has 2 aromatic heterocycles. The molecule has 4 heteroatoms. The Morgan fingerprint density at radius 2 is 2.15 bits per heavy atom. The Labute approximate surface area is 118 Å². The number of pyridine rings is 1. The Balaban J connectivity index is 1.64. The number of carbonyl (C=O) groups excluding carboxylic acids is 1. The van der Waals surface area contributed by atoms with E-state index >= 15 is 0 Å². The molecule has 0 atom stereocenters. The van der Waals surface area contributed by atoms with Crippen LogP contribution < -0.4 is 0 Å². The van der Waals surface area contributed by atoms with Crippen LogP contribution in [0.4, 0.5) is 0 Å². The molecular weight excluding hydrogens is 252 g/mol. The van der Waals surface area contributed by atoms with E-state index in [2.05, 4.69) is 27.9 Å². The Kier molecular flexibility index (Phi) is 3.72. The first-order valence-corrected chi connectivity index (χ1v) is 7.24. The number of methoxy groups -OCH3 is 1. The Bertz CT molecular complexity index is 597. The maximum absolute atomic E-state index is 11.5. The van der Waals surface area contributed by atoms with Gasteiger partial charge in [-0.1, -0.05) is 0 Å². The molecule has 1 saturated carbocycles. The van der Waals surface area contributed by atoms with Crippen LogP contribution in [0.3, 0.4) is 0 Å². The summed E-state index contributed by atoms with van der Waals surface area (Å²) >= 11 is 0. The summed E-state index contributed by atoms with van der Waals surface area (Å²) < 4.78 is 7.14. The van der Waals surface area contributed by atoms with Gasteiger partial charge in [-0.15, -0.1) is 0 Å². The molecule has 0 amide bonds. The second-order valence-electron chi connectivity index (χ2n) is 5.64. The van der Waals surface area contributed by atoms with Gasteiger partial charge in [0.15, 0.2) is 0 Å². The van der Waals surface area contributed by atoms with Gasteiger partial charge in [0.2, 0.25) is 0 Å². The van der Waals surface area contributed by atoms with E-state index in [4.69, 9.17) is 4.74 Å². The third-order valence-electron chi connectivity index (χ3n) is 4.41. The van der Waals surface area contributed by atoms with E-state index in [9.17, 15) is 4.79 Å². The lowest BCUT2D eigenvalue weighted by atomic mass is 9.82. The van der Waals surface area contributed by atoms with E-state index in [-0.39, 0.29) is 11.9 Å². The fourth-order valence-corrected chi connectivity index (χ4v) is 3.22. The highest BCUT2D eigenvalue weighted by molar-refractivity contribution is 5.78. The first-order valence-electron chi connectivity index (χ1n) is 7.24. The average Bonchev–Trinajstić information content (AvgIpc) is 2.91. The van der Waals surface area contributed by atoms with Crippen LogP contribution in [0.25, 0.3) is 10.9 Å². The molecule has 2 aromatic rings. The van der Waals surface area contributed by atoms with E-state index < -0.39 is 0 Å². The Morgan fingerprint density at radius 1 is 1.35 bits per heavy atom. The van der Waals surface area contributed by atoms with Crippen molar-refractivity contribution in [1.82, 2.24) is 9.55 Å². The monoisotopic (exact) mass is 272 g/mol. The molecule has 0 spiro atoms. The summed E-state index contributed by atoms with van der Waals surface area (Å²) in [5.41, 5.74) is 1.25. The molecule has 0 radical (unpaired) electrons. The number of ether oxygens (including phenoxy) is 1.